The van der Waals surface area contributed by atoms with Crippen molar-refractivity contribution in [3.05, 3.63) is 33.3 Å². The number of carbonyl (C=O) groups excluding carboxylic acids is 1. The van der Waals surface area contributed by atoms with Crippen LogP contribution in [0.15, 0.2) is 22.7 Å². The van der Waals surface area contributed by atoms with E-state index in [0.29, 0.717) is 23.4 Å². The number of hydrogen-bond acceptors (Lipinski definition) is 2. The molecule has 1 aromatic rings. The van der Waals surface area contributed by atoms with E-state index in [1.165, 1.54) is 0 Å². The van der Waals surface area contributed by atoms with Gasteiger partial charge in [0.15, 0.2) is 0 Å². The Balaban J connectivity index is 2.14. The molecule has 4 nitrogen and oxygen atoms in total. The van der Waals surface area contributed by atoms with Gasteiger partial charge in [-0.1, -0.05) is 46.8 Å². The number of halogens is 2. The van der Waals surface area contributed by atoms with Crippen LogP contribution in [0.4, 0.5) is 0 Å². The van der Waals surface area contributed by atoms with Crippen LogP contribution >= 0.6 is 27.5 Å². The molecule has 0 spiro atoms. The molecule has 1 aliphatic rings. The Bertz CT molecular complexity index is 550. The molecule has 1 aromatic carbocycles. The van der Waals surface area contributed by atoms with Crippen LogP contribution in [-0.4, -0.2) is 23.0 Å². The number of hydrogen-bond donors (Lipinski definition) is 2. The molecule has 114 valence electrons. The molecule has 2 N–H and O–H groups in total. The second-order valence-electron chi connectivity index (χ2n) is 5.29. The number of nitrogens with one attached hydrogen (secondary N) is 1. The van der Waals surface area contributed by atoms with Gasteiger partial charge in [-0.3, -0.25) is 9.59 Å². The van der Waals surface area contributed by atoms with E-state index >= 15 is 0 Å². The minimum Gasteiger partial charge on any atom is -0.481 e. The van der Waals surface area contributed by atoms with Crippen LogP contribution in [0.1, 0.15) is 42.5 Å². The molecule has 0 aliphatic heterocycles. The lowest BCUT2D eigenvalue weighted by molar-refractivity contribution is -0.142. The third-order valence-corrected chi connectivity index (χ3v) is 4.63. The largest absolute Gasteiger partial charge is 0.481 e. The Morgan fingerprint density at radius 2 is 1.95 bits per heavy atom. The van der Waals surface area contributed by atoms with Crippen LogP contribution in [0.2, 0.25) is 5.02 Å². The molecule has 2 rings (SSSR count). The Hall–Kier alpha value is -1.07. The highest BCUT2D eigenvalue weighted by Gasteiger charge is 2.31. The Morgan fingerprint density at radius 1 is 1.24 bits per heavy atom. The standard InChI is InChI=1S/C15H17BrClNO3/c16-9-6-7-10(12(17)8-9)14(19)18-13-5-3-1-2-4-11(13)15(20)21/h6-8,11,13H,1-5H2,(H,18,19)(H,20,21). The van der Waals surface area contributed by atoms with Gasteiger partial charge in [-0.05, 0) is 31.0 Å². The number of carboxylic acids is 1. The molecule has 2 atom stereocenters. The highest BCUT2D eigenvalue weighted by atomic mass is 79.9. The van der Waals surface area contributed by atoms with Crippen LogP contribution in [0, 0.1) is 5.92 Å². The maximum absolute atomic E-state index is 12.3. The van der Waals surface area contributed by atoms with Crippen molar-refractivity contribution in [2.24, 2.45) is 5.92 Å². The molecule has 21 heavy (non-hydrogen) atoms. The molecule has 1 amide bonds. The molecule has 0 saturated heterocycles. The highest BCUT2D eigenvalue weighted by Crippen LogP contribution is 2.26. The molecule has 1 saturated carbocycles. The first kappa shape index (κ1) is 16.3. The fraction of sp³-hybridized carbons (Fsp3) is 0.467. The van der Waals surface area contributed by atoms with E-state index in [1.54, 1.807) is 18.2 Å². The quantitative estimate of drug-likeness (QED) is 0.789. The summed E-state index contributed by atoms with van der Waals surface area (Å²) < 4.78 is 0.793. The van der Waals surface area contributed by atoms with E-state index in [4.69, 9.17) is 11.6 Å². The molecule has 0 aromatic heterocycles. The summed E-state index contributed by atoms with van der Waals surface area (Å²) in [7, 11) is 0. The lowest BCUT2D eigenvalue weighted by Crippen LogP contribution is -2.42. The predicted octanol–water partition coefficient (Wildman–Crippen LogP) is 3.87. The maximum atomic E-state index is 12.3. The summed E-state index contributed by atoms with van der Waals surface area (Å²) in [5.74, 6) is -1.68. The van der Waals surface area contributed by atoms with Gasteiger partial charge in [-0.2, -0.15) is 0 Å². The highest BCUT2D eigenvalue weighted by molar-refractivity contribution is 9.10. The number of benzene rings is 1. The zero-order valence-electron chi connectivity index (χ0n) is 11.4. The minimum absolute atomic E-state index is 0.314. The second kappa shape index (κ2) is 7.27. The van der Waals surface area contributed by atoms with Gasteiger partial charge in [0.25, 0.3) is 5.91 Å². The summed E-state index contributed by atoms with van der Waals surface area (Å²) in [5.41, 5.74) is 0.369. The van der Waals surface area contributed by atoms with E-state index in [2.05, 4.69) is 21.2 Å². The topological polar surface area (TPSA) is 66.4 Å². The fourth-order valence-electron chi connectivity index (χ4n) is 2.70. The minimum atomic E-state index is -0.843. The number of amides is 1. The van der Waals surface area contributed by atoms with Crippen molar-refractivity contribution in [2.45, 2.75) is 38.1 Å². The Labute approximate surface area is 137 Å². The number of carboxylic acid groups (broad SMARTS) is 1. The van der Waals surface area contributed by atoms with Crippen molar-refractivity contribution in [3.8, 4) is 0 Å². The smallest absolute Gasteiger partial charge is 0.308 e. The average molecular weight is 375 g/mol. The van der Waals surface area contributed by atoms with Gasteiger partial charge in [0, 0.05) is 10.5 Å². The van der Waals surface area contributed by atoms with Crippen LogP contribution in [0.25, 0.3) is 0 Å². The van der Waals surface area contributed by atoms with Gasteiger partial charge in [0.2, 0.25) is 0 Å². The van der Waals surface area contributed by atoms with E-state index in [-0.39, 0.29) is 11.9 Å². The summed E-state index contributed by atoms with van der Waals surface area (Å²) in [5, 5.41) is 12.5. The molecular formula is C15H17BrClNO3. The summed E-state index contributed by atoms with van der Waals surface area (Å²) in [6.45, 7) is 0. The lowest BCUT2D eigenvalue weighted by Gasteiger charge is -2.23. The normalized spacial score (nSPS) is 22.4. The molecule has 0 radical (unpaired) electrons. The van der Waals surface area contributed by atoms with Crippen molar-refractivity contribution in [1.82, 2.24) is 5.32 Å². The van der Waals surface area contributed by atoms with Crippen molar-refractivity contribution in [3.63, 3.8) is 0 Å². The zero-order chi connectivity index (χ0) is 15.4. The van der Waals surface area contributed by atoms with Crippen LogP contribution in [0.3, 0.4) is 0 Å². The number of rotatable bonds is 3. The predicted molar refractivity (Wildman–Crippen MR) is 84.6 cm³/mol. The van der Waals surface area contributed by atoms with Crippen LogP contribution < -0.4 is 5.32 Å². The van der Waals surface area contributed by atoms with Gasteiger partial charge in [-0.15, -0.1) is 0 Å². The molecule has 2 unspecified atom stereocenters. The zero-order valence-corrected chi connectivity index (χ0v) is 13.8. The van der Waals surface area contributed by atoms with E-state index < -0.39 is 11.9 Å². The van der Waals surface area contributed by atoms with Gasteiger partial charge < -0.3 is 10.4 Å². The monoisotopic (exact) mass is 373 g/mol. The van der Waals surface area contributed by atoms with Gasteiger partial charge in [0.1, 0.15) is 0 Å². The third-order valence-electron chi connectivity index (χ3n) is 3.83. The summed E-state index contributed by atoms with van der Waals surface area (Å²) >= 11 is 9.36. The van der Waals surface area contributed by atoms with E-state index in [0.717, 1.165) is 23.7 Å². The van der Waals surface area contributed by atoms with E-state index in [9.17, 15) is 14.7 Å². The van der Waals surface area contributed by atoms with Gasteiger partial charge >= 0.3 is 5.97 Å². The summed E-state index contributed by atoms with van der Waals surface area (Å²) in [6, 6.07) is 4.69. The summed E-state index contributed by atoms with van der Waals surface area (Å²) in [6.07, 6.45) is 4.13. The number of carbonyl (C=O) groups is 2. The molecule has 1 fully saturated rings. The summed E-state index contributed by atoms with van der Waals surface area (Å²) in [4.78, 5) is 23.7. The van der Waals surface area contributed by atoms with E-state index in [1.807, 2.05) is 0 Å². The molecular weight excluding hydrogens is 358 g/mol. The third kappa shape index (κ3) is 4.20. The second-order valence-corrected chi connectivity index (χ2v) is 6.61. The Kier molecular flexibility index (Phi) is 5.65. The van der Waals surface area contributed by atoms with Crippen molar-refractivity contribution < 1.29 is 14.7 Å². The van der Waals surface area contributed by atoms with Crippen molar-refractivity contribution >= 4 is 39.4 Å². The fourth-order valence-corrected chi connectivity index (χ4v) is 3.45. The number of aliphatic carboxylic acids is 1. The molecule has 0 heterocycles. The van der Waals surface area contributed by atoms with Crippen molar-refractivity contribution in [2.75, 3.05) is 0 Å². The van der Waals surface area contributed by atoms with Crippen LogP contribution in [-0.2, 0) is 4.79 Å². The SMILES string of the molecule is O=C(NC1CCCCCC1C(=O)O)c1ccc(Br)cc1Cl. The van der Waals surface area contributed by atoms with Gasteiger partial charge in [-0.25, -0.2) is 0 Å². The molecule has 6 heteroatoms. The van der Waals surface area contributed by atoms with Crippen LogP contribution in [0.5, 0.6) is 0 Å². The first-order chi connectivity index (χ1) is 9.99. The Morgan fingerprint density at radius 3 is 2.62 bits per heavy atom. The van der Waals surface area contributed by atoms with Gasteiger partial charge in [0.05, 0.1) is 16.5 Å². The molecule has 0 bridgehead atoms. The molecule has 1 aliphatic carbocycles. The average Bonchev–Trinajstić information content (AvgIpc) is 2.63. The first-order valence-corrected chi connectivity index (χ1v) is 8.15. The van der Waals surface area contributed by atoms with Crippen molar-refractivity contribution in [1.29, 1.82) is 0 Å². The first-order valence-electron chi connectivity index (χ1n) is 6.98. The lowest BCUT2D eigenvalue weighted by atomic mass is 9.94. The maximum Gasteiger partial charge on any atom is 0.308 e.